The van der Waals surface area contributed by atoms with E-state index >= 15 is 0 Å². The second-order valence-electron chi connectivity index (χ2n) is 7.57. The van der Waals surface area contributed by atoms with Gasteiger partial charge in [-0.25, -0.2) is 0 Å². The van der Waals surface area contributed by atoms with Gasteiger partial charge in [0.25, 0.3) is 0 Å². The molecular weight excluding hydrogens is 296 g/mol. The summed E-state index contributed by atoms with van der Waals surface area (Å²) in [6.07, 6.45) is 4.20. The fourth-order valence-corrected chi connectivity index (χ4v) is 2.82. The van der Waals surface area contributed by atoms with E-state index in [1.165, 1.54) is 11.1 Å². The van der Waals surface area contributed by atoms with Crippen molar-refractivity contribution in [2.45, 2.75) is 53.4 Å². The number of hydrogen-bond acceptors (Lipinski definition) is 2. The van der Waals surface area contributed by atoms with Crippen molar-refractivity contribution >= 4 is 0 Å². The predicted molar refractivity (Wildman–Crippen MR) is 102 cm³/mol. The van der Waals surface area contributed by atoms with Gasteiger partial charge < -0.3 is 10.2 Å². The zero-order chi connectivity index (χ0) is 17.7. The van der Waals surface area contributed by atoms with Gasteiger partial charge in [0.15, 0.2) is 0 Å². The van der Waals surface area contributed by atoms with E-state index in [1.807, 2.05) is 24.3 Å². The molecule has 2 rings (SSSR count). The highest BCUT2D eigenvalue weighted by atomic mass is 16.3. The van der Waals surface area contributed by atoms with Gasteiger partial charge in [0.05, 0.1) is 0 Å². The van der Waals surface area contributed by atoms with Crippen LogP contribution in [0.15, 0.2) is 36.4 Å². The third-order valence-electron chi connectivity index (χ3n) is 4.43. The average molecular weight is 326 g/mol. The number of aryl methyl sites for hydroxylation is 2. The number of rotatable bonds is 7. The Hall–Kier alpha value is -1.96. The predicted octanol–water partition coefficient (Wildman–Crippen LogP) is 5.94. The van der Waals surface area contributed by atoms with Crippen LogP contribution in [0.1, 0.15) is 51.7 Å². The van der Waals surface area contributed by atoms with E-state index in [9.17, 15) is 10.2 Å². The molecule has 0 amide bonds. The summed E-state index contributed by atoms with van der Waals surface area (Å²) in [6.45, 7) is 8.85. The topological polar surface area (TPSA) is 40.5 Å². The summed E-state index contributed by atoms with van der Waals surface area (Å²) in [5.41, 5.74) is 3.84. The van der Waals surface area contributed by atoms with E-state index in [1.54, 1.807) is 12.1 Å². The SMILES string of the molecule is CC(C)CCc1ccc(O)c(-c2cc(CCC(C)C)ccc2O)c1. The van der Waals surface area contributed by atoms with E-state index in [2.05, 4.69) is 27.7 Å². The molecule has 130 valence electrons. The lowest BCUT2D eigenvalue weighted by atomic mass is 9.94. The van der Waals surface area contributed by atoms with E-state index < -0.39 is 0 Å². The molecular formula is C22H30O2. The summed E-state index contributed by atoms with van der Waals surface area (Å²) in [5.74, 6) is 1.74. The van der Waals surface area contributed by atoms with Crippen LogP contribution >= 0.6 is 0 Å². The Kier molecular flexibility index (Phi) is 6.30. The summed E-state index contributed by atoms with van der Waals surface area (Å²) >= 11 is 0. The highest BCUT2D eigenvalue weighted by Gasteiger charge is 2.12. The van der Waals surface area contributed by atoms with E-state index in [4.69, 9.17) is 0 Å². The maximum Gasteiger partial charge on any atom is 0.123 e. The number of phenols is 2. The lowest BCUT2D eigenvalue weighted by Gasteiger charge is -2.13. The van der Waals surface area contributed by atoms with Gasteiger partial charge >= 0.3 is 0 Å². The third-order valence-corrected chi connectivity index (χ3v) is 4.43. The van der Waals surface area contributed by atoms with Gasteiger partial charge in [-0.2, -0.15) is 0 Å². The van der Waals surface area contributed by atoms with Crippen molar-refractivity contribution < 1.29 is 10.2 Å². The van der Waals surface area contributed by atoms with Crippen LogP contribution in [0, 0.1) is 11.8 Å². The van der Waals surface area contributed by atoms with Crippen LogP contribution in [0.3, 0.4) is 0 Å². The van der Waals surface area contributed by atoms with Gasteiger partial charge in [0, 0.05) is 11.1 Å². The quantitative estimate of drug-likeness (QED) is 0.661. The van der Waals surface area contributed by atoms with Gasteiger partial charge in [-0.1, -0.05) is 39.8 Å². The Morgan fingerprint density at radius 3 is 1.38 bits per heavy atom. The highest BCUT2D eigenvalue weighted by Crippen LogP contribution is 2.37. The molecule has 0 aliphatic rings. The molecule has 24 heavy (non-hydrogen) atoms. The Bertz CT molecular complexity index is 612. The van der Waals surface area contributed by atoms with Crippen LogP contribution in [-0.4, -0.2) is 10.2 Å². The minimum atomic E-state index is 0.222. The molecule has 2 aromatic carbocycles. The molecule has 2 heteroatoms. The maximum atomic E-state index is 10.3. The standard InChI is InChI=1S/C22H30O2/c1-15(2)5-7-17-9-11-21(23)19(13-17)20-14-18(8-6-16(3)4)10-12-22(20)24/h9-16,23-24H,5-8H2,1-4H3. The Labute approximate surface area is 146 Å². The fourth-order valence-electron chi connectivity index (χ4n) is 2.82. The Morgan fingerprint density at radius 1 is 0.667 bits per heavy atom. The molecule has 0 heterocycles. The first-order valence-corrected chi connectivity index (χ1v) is 9.01. The zero-order valence-electron chi connectivity index (χ0n) is 15.3. The second-order valence-corrected chi connectivity index (χ2v) is 7.57. The molecule has 0 spiro atoms. The Balaban J connectivity index is 2.32. The average Bonchev–Trinajstić information content (AvgIpc) is 2.53. The molecule has 0 aliphatic heterocycles. The summed E-state index contributed by atoms with van der Waals surface area (Å²) in [4.78, 5) is 0. The van der Waals surface area contributed by atoms with Crippen molar-refractivity contribution in [1.82, 2.24) is 0 Å². The Morgan fingerprint density at radius 2 is 1.04 bits per heavy atom. The molecule has 0 radical (unpaired) electrons. The van der Waals surface area contributed by atoms with E-state index in [-0.39, 0.29) is 11.5 Å². The molecule has 0 aliphatic carbocycles. The first kappa shape index (κ1) is 18.4. The lowest BCUT2D eigenvalue weighted by molar-refractivity contribution is 0.468. The fraction of sp³-hybridized carbons (Fsp3) is 0.455. The minimum absolute atomic E-state index is 0.222. The number of phenolic OH excluding ortho intramolecular Hbond substituents is 2. The molecule has 0 aromatic heterocycles. The van der Waals surface area contributed by atoms with Crippen LogP contribution in [-0.2, 0) is 12.8 Å². The van der Waals surface area contributed by atoms with Crippen LogP contribution in [0.25, 0.3) is 11.1 Å². The van der Waals surface area contributed by atoms with Gasteiger partial charge in [0.2, 0.25) is 0 Å². The summed E-state index contributed by atoms with van der Waals surface area (Å²) < 4.78 is 0. The van der Waals surface area contributed by atoms with Crippen molar-refractivity contribution in [3.05, 3.63) is 47.5 Å². The summed E-state index contributed by atoms with van der Waals surface area (Å²) in [6, 6.07) is 11.5. The molecule has 2 N–H and O–H groups in total. The molecule has 0 saturated heterocycles. The summed E-state index contributed by atoms with van der Waals surface area (Å²) in [5, 5.41) is 20.6. The van der Waals surface area contributed by atoms with Crippen molar-refractivity contribution in [1.29, 1.82) is 0 Å². The molecule has 0 saturated carbocycles. The van der Waals surface area contributed by atoms with Gasteiger partial charge in [-0.15, -0.1) is 0 Å². The smallest absolute Gasteiger partial charge is 0.123 e. The van der Waals surface area contributed by atoms with Crippen molar-refractivity contribution in [2.75, 3.05) is 0 Å². The molecule has 0 atom stereocenters. The maximum absolute atomic E-state index is 10.3. The van der Waals surface area contributed by atoms with Crippen molar-refractivity contribution in [3.8, 4) is 22.6 Å². The van der Waals surface area contributed by atoms with Crippen LogP contribution in [0.4, 0.5) is 0 Å². The van der Waals surface area contributed by atoms with Gasteiger partial charge in [0.1, 0.15) is 11.5 Å². The molecule has 0 unspecified atom stereocenters. The monoisotopic (exact) mass is 326 g/mol. The van der Waals surface area contributed by atoms with Crippen LogP contribution in [0.5, 0.6) is 11.5 Å². The van der Waals surface area contributed by atoms with Crippen LogP contribution < -0.4 is 0 Å². The number of benzene rings is 2. The highest BCUT2D eigenvalue weighted by molar-refractivity contribution is 5.76. The minimum Gasteiger partial charge on any atom is -0.507 e. The number of hydrogen-bond donors (Lipinski definition) is 2. The third kappa shape index (κ3) is 5.02. The lowest BCUT2D eigenvalue weighted by Crippen LogP contribution is -1.94. The van der Waals surface area contributed by atoms with Gasteiger partial charge in [-0.3, -0.25) is 0 Å². The molecule has 0 bridgehead atoms. The van der Waals surface area contributed by atoms with E-state index in [0.717, 1.165) is 36.8 Å². The second kappa shape index (κ2) is 8.23. The molecule has 2 nitrogen and oxygen atoms in total. The van der Waals surface area contributed by atoms with Crippen molar-refractivity contribution in [3.63, 3.8) is 0 Å². The van der Waals surface area contributed by atoms with Crippen molar-refractivity contribution in [2.24, 2.45) is 11.8 Å². The van der Waals surface area contributed by atoms with Crippen LogP contribution in [0.2, 0.25) is 0 Å². The number of aromatic hydroxyl groups is 2. The van der Waals surface area contributed by atoms with E-state index in [0.29, 0.717) is 11.8 Å². The zero-order valence-corrected chi connectivity index (χ0v) is 15.3. The first-order valence-electron chi connectivity index (χ1n) is 9.01. The van der Waals surface area contributed by atoms with Gasteiger partial charge in [-0.05, 0) is 72.9 Å². The summed E-state index contributed by atoms with van der Waals surface area (Å²) in [7, 11) is 0. The molecule has 0 fully saturated rings. The first-order chi connectivity index (χ1) is 11.4. The molecule has 2 aromatic rings. The largest absolute Gasteiger partial charge is 0.507 e. The normalized spacial score (nSPS) is 11.4.